The van der Waals surface area contributed by atoms with E-state index >= 15 is 0 Å². The van der Waals surface area contributed by atoms with Gasteiger partial charge in [-0.15, -0.1) is 0 Å². The van der Waals surface area contributed by atoms with E-state index < -0.39 is 0 Å². The fourth-order valence-corrected chi connectivity index (χ4v) is 3.31. The van der Waals surface area contributed by atoms with Crippen LogP contribution in [0.3, 0.4) is 0 Å². The first kappa shape index (κ1) is 15.7. The smallest absolute Gasteiger partial charge is 0.166 e. The van der Waals surface area contributed by atoms with E-state index in [1.165, 1.54) is 0 Å². The monoisotopic (exact) mass is 339 g/mol. The van der Waals surface area contributed by atoms with E-state index in [-0.39, 0.29) is 0 Å². The summed E-state index contributed by atoms with van der Waals surface area (Å²) < 4.78 is 0. The number of hydrogen-bond donors (Lipinski definition) is 0. The number of fused-ring (bicyclic) bond motifs is 1. The molecular formula is C15H19Cl2N5. The summed E-state index contributed by atoms with van der Waals surface area (Å²) in [5, 5.41) is 1.64. The Kier molecular flexibility index (Phi) is 4.39. The largest absolute Gasteiger partial charge is 0.366 e. The van der Waals surface area contributed by atoms with Crippen LogP contribution in [0.15, 0.2) is 6.07 Å². The molecule has 3 rings (SSSR count). The highest BCUT2D eigenvalue weighted by Gasteiger charge is 2.22. The van der Waals surface area contributed by atoms with Crippen molar-refractivity contribution in [1.82, 2.24) is 19.9 Å². The van der Waals surface area contributed by atoms with Gasteiger partial charge in [0, 0.05) is 32.2 Å². The van der Waals surface area contributed by atoms with E-state index in [0.717, 1.165) is 37.3 Å². The number of anilines is 1. The lowest BCUT2D eigenvalue weighted by Gasteiger charge is -2.38. The maximum Gasteiger partial charge on any atom is 0.166 e. The van der Waals surface area contributed by atoms with Gasteiger partial charge in [-0.05, 0) is 26.8 Å². The van der Waals surface area contributed by atoms with Gasteiger partial charge in [0.15, 0.2) is 10.8 Å². The van der Waals surface area contributed by atoms with E-state index in [4.69, 9.17) is 23.2 Å². The molecule has 22 heavy (non-hydrogen) atoms. The molecule has 0 atom stereocenters. The normalized spacial score (nSPS) is 16.7. The maximum atomic E-state index is 6.37. The summed E-state index contributed by atoms with van der Waals surface area (Å²) in [4.78, 5) is 17.6. The summed E-state index contributed by atoms with van der Waals surface area (Å²) in [7, 11) is 0. The molecule has 1 aliphatic rings. The molecule has 118 valence electrons. The average Bonchev–Trinajstić information content (AvgIpc) is 2.46. The van der Waals surface area contributed by atoms with Crippen LogP contribution in [0, 0.1) is 6.92 Å². The molecule has 0 aliphatic carbocycles. The minimum absolute atomic E-state index is 0.425. The predicted molar refractivity (Wildman–Crippen MR) is 91.0 cm³/mol. The van der Waals surface area contributed by atoms with Crippen LogP contribution in [0.2, 0.25) is 10.3 Å². The van der Waals surface area contributed by atoms with Gasteiger partial charge in [-0.2, -0.15) is 0 Å². The van der Waals surface area contributed by atoms with Gasteiger partial charge in [0.1, 0.15) is 11.0 Å². The molecule has 5 nitrogen and oxygen atoms in total. The highest BCUT2D eigenvalue weighted by molar-refractivity contribution is 6.35. The zero-order valence-corrected chi connectivity index (χ0v) is 14.5. The van der Waals surface area contributed by atoms with E-state index in [0.29, 0.717) is 27.8 Å². The van der Waals surface area contributed by atoms with E-state index in [1.54, 1.807) is 6.92 Å². The Morgan fingerprint density at radius 2 is 1.68 bits per heavy atom. The first-order valence-corrected chi connectivity index (χ1v) is 8.20. The maximum absolute atomic E-state index is 6.37. The zero-order valence-electron chi connectivity index (χ0n) is 13.0. The van der Waals surface area contributed by atoms with Gasteiger partial charge in [0.25, 0.3) is 0 Å². The topological polar surface area (TPSA) is 45.2 Å². The first-order valence-electron chi connectivity index (χ1n) is 7.45. The molecule has 0 radical (unpaired) electrons. The average molecular weight is 340 g/mol. The first-order chi connectivity index (χ1) is 10.5. The van der Waals surface area contributed by atoms with Crippen molar-refractivity contribution in [2.24, 2.45) is 0 Å². The van der Waals surface area contributed by atoms with Crippen molar-refractivity contribution in [1.29, 1.82) is 0 Å². The highest BCUT2D eigenvalue weighted by atomic mass is 35.5. The van der Waals surface area contributed by atoms with Crippen molar-refractivity contribution in [3.8, 4) is 0 Å². The van der Waals surface area contributed by atoms with Gasteiger partial charge < -0.3 is 4.90 Å². The zero-order chi connectivity index (χ0) is 15.9. The molecule has 0 unspecified atom stereocenters. The predicted octanol–water partition coefficient (Wildman–Crippen LogP) is 3.17. The van der Waals surface area contributed by atoms with Gasteiger partial charge >= 0.3 is 0 Å². The van der Waals surface area contributed by atoms with Crippen LogP contribution in [-0.2, 0) is 0 Å². The molecule has 0 saturated carbocycles. The molecule has 1 saturated heterocycles. The van der Waals surface area contributed by atoms with Crippen LogP contribution in [0.25, 0.3) is 11.0 Å². The molecule has 0 aromatic carbocycles. The molecular weight excluding hydrogens is 321 g/mol. The molecule has 1 aliphatic heterocycles. The SMILES string of the molecule is Cc1nc(Cl)c2cc(N3CCN(C(C)C)CC3)c(Cl)nc2n1. The number of hydrogen-bond acceptors (Lipinski definition) is 5. The molecule has 3 heterocycles. The number of aromatic nitrogens is 3. The summed E-state index contributed by atoms with van der Waals surface area (Å²) in [5.74, 6) is 0.597. The van der Waals surface area contributed by atoms with Crippen molar-refractivity contribution < 1.29 is 0 Å². The summed E-state index contributed by atoms with van der Waals surface area (Å²) in [6.07, 6.45) is 0. The fraction of sp³-hybridized carbons (Fsp3) is 0.533. The van der Waals surface area contributed by atoms with Crippen molar-refractivity contribution in [3.63, 3.8) is 0 Å². The summed E-state index contributed by atoms with van der Waals surface area (Å²) in [5.41, 5.74) is 1.46. The van der Waals surface area contributed by atoms with Crippen LogP contribution in [0.1, 0.15) is 19.7 Å². The lowest BCUT2D eigenvalue weighted by Crippen LogP contribution is -2.49. The molecule has 0 bridgehead atoms. The van der Waals surface area contributed by atoms with E-state index in [1.807, 2.05) is 6.07 Å². The summed E-state index contributed by atoms with van der Waals surface area (Å²) >= 11 is 12.6. The Labute approximate surface area is 140 Å². The lowest BCUT2D eigenvalue weighted by molar-refractivity contribution is 0.209. The number of rotatable bonds is 2. The van der Waals surface area contributed by atoms with Crippen molar-refractivity contribution >= 4 is 39.9 Å². The molecule has 1 fully saturated rings. The summed E-state index contributed by atoms with van der Waals surface area (Å²) in [6.45, 7) is 10.1. The van der Waals surface area contributed by atoms with Crippen LogP contribution in [-0.4, -0.2) is 52.1 Å². The van der Waals surface area contributed by atoms with E-state index in [9.17, 15) is 0 Å². The third kappa shape index (κ3) is 2.98. The van der Waals surface area contributed by atoms with Gasteiger partial charge in [-0.25, -0.2) is 15.0 Å². The standard InChI is InChI=1S/C15H19Cl2N5/c1-9(2)21-4-6-22(7-5-21)12-8-11-13(16)18-10(3)19-15(11)20-14(12)17/h8-9H,4-7H2,1-3H3. The molecule has 2 aromatic rings. The number of aryl methyl sites for hydroxylation is 1. The quantitative estimate of drug-likeness (QED) is 0.621. The number of piperazine rings is 1. The Morgan fingerprint density at radius 1 is 1.00 bits per heavy atom. The van der Waals surface area contributed by atoms with Gasteiger partial charge in [-0.3, -0.25) is 4.90 Å². The third-order valence-electron chi connectivity index (χ3n) is 4.07. The molecule has 2 aromatic heterocycles. The highest BCUT2D eigenvalue weighted by Crippen LogP contribution is 2.31. The lowest BCUT2D eigenvalue weighted by atomic mass is 10.2. The van der Waals surface area contributed by atoms with Crippen molar-refractivity contribution in [3.05, 3.63) is 22.2 Å². The molecule has 7 heteroatoms. The van der Waals surface area contributed by atoms with Gasteiger partial charge in [-0.1, -0.05) is 23.2 Å². The van der Waals surface area contributed by atoms with Gasteiger partial charge in [0.2, 0.25) is 0 Å². The van der Waals surface area contributed by atoms with Crippen molar-refractivity contribution in [2.75, 3.05) is 31.1 Å². The molecule has 0 N–H and O–H groups in total. The number of pyridine rings is 1. The second kappa shape index (κ2) is 6.14. The Bertz CT molecular complexity index is 696. The van der Waals surface area contributed by atoms with Crippen LogP contribution in [0.4, 0.5) is 5.69 Å². The number of halogens is 2. The van der Waals surface area contributed by atoms with E-state index in [2.05, 4.69) is 38.6 Å². The summed E-state index contributed by atoms with van der Waals surface area (Å²) in [6, 6.07) is 2.52. The number of nitrogens with zero attached hydrogens (tertiary/aromatic N) is 5. The second-order valence-corrected chi connectivity index (χ2v) is 6.56. The minimum atomic E-state index is 0.425. The minimum Gasteiger partial charge on any atom is -0.366 e. The fourth-order valence-electron chi connectivity index (χ4n) is 2.79. The van der Waals surface area contributed by atoms with Crippen LogP contribution < -0.4 is 4.90 Å². The van der Waals surface area contributed by atoms with Crippen molar-refractivity contribution in [2.45, 2.75) is 26.8 Å². The Hall–Kier alpha value is -1.17. The van der Waals surface area contributed by atoms with Crippen LogP contribution >= 0.6 is 23.2 Å². The van der Waals surface area contributed by atoms with Crippen LogP contribution in [0.5, 0.6) is 0 Å². The third-order valence-corrected chi connectivity index (χ3v) is 4.64. The molecule has 0 spiro atoms. The molecule has 0 amide bonds. The Balaban J connectivity index is 1.93. The Morgan fingerprint density at radius 3 is 2.32 bits per heavy atom. The van der Waals surface area contributed by atoms with Gasteiger partial charge in [0.05, 0.1) is 11.1 Å². The second-order valence-electron chi connectivity index (χ2n) is 5.85.